The number of anilines is 1. The average Bonchev–Trinajstić information content (AvgIpc) is 2.29. The molecule has 0 radical (unpaired) electrons. The maximum absolute atomic E-state index is 5.94. The Balaban J connectivity index is 2.50. The highest BCUT2D eigenvalue weighted by molar-refractivity contribution is 6.30. The summed E-state index contributed by atoms with van der Waals surface area (Å²) in [5.41, 5.74) is 9.86. The second-order valence-corrected chi connectivity index (χ2v) is 4.35. The molecule has 0 amide bonds. The lowest BCUT2D eigenvalue weighted by atomic mass is 10.00. The molecule has 2 rings (SSSR count). The summed E-state index contributed by atoms with van der Waals surface area (Å²) in [6.07, 6.45) is 0. The molecule has 2 aromatic rings. The van der Waals surface area contributed by atoms with Crippen molar-refractivity contribution in [2.45, 2.75) is 6.92 Å². The van der Waals surface area contributed by atoms with Crippen LogP contribution in [0.2, 0.25) is 5.02 Å². The van der Waals surface area contributed by atoms with Gasteiger partial charge in [-0.3, -0.25) is 0 Å². The van der Waals surface area contributed by atoms with Gasteiger partial charge < -0.3 is 10.5 Å². The number of aryl methyl sites for hydroxylation is 1. The normalized spacial score (nSPS) is 10.3. The Kier molecular flexibility index (Phi) is 3.25. The lowest BCUT2D eigenvalue weighted by Gasteiger charge is -2.09. The van der Waals surface area contributed by atoms with Crippen LogP contribution in [0, 0.1) is 6.92 Å². The van der Waals surface area contributed by atoms with Crippen LogP contribution in [0.5, 0.6) is 5.75 Å². The molecule has 0 saturated carbocycles. The number of hydrogen-bond donors (Lipinski definition) is 1. The predicted octanol–water partition coefficient (Wildman–Crippen LogP) is 3.91. The third-order valence-electron chi connectivity index (χ3n) is 2.73. The summed E-state index contributed by atoms with van der Waals surface area (Å²) >= 11 is 5.94. The van der Waals surface area contributed by atoms with Gasteiger partial charge in [-0.05, 0) is 47.9 Å². The standard InChI is InChI=1S/C14H14ClNO/c1-9-7-11(15)4-5-12(9)10-3-6-14(17-2)13(16)8-10/h3-8H,16H2,1-2H3. The van der Waals surface area contributed by atoms with Crippen LogP contribution >= 0.6 is 11.6 Å². The van der Waals surface area contributed by atoms with Gasteiger partial charge in [0.05, 0.1) is 12.8 Å². The highest BCUT2D eigenvalue weighted by Gasteiger charge is 2.05. The summed E-state index contributed by atoms with van der Waals surface area (Å²) in [6, 6.07) is 11.6. The zero-order valence-corrected chi connectivity index (χ0v) is 10.6. The van der Waals surface area contributed by atoms with Gasteiger partial charge in [0.25, 0.3) is 0 Å². The number of hydrogen-bond acceptors (Lipinski definition) is 2. The van der Waals surface area contributed by atoms with Crippen LogP contribution in [0.4, 0.5) is 5.69 Å². The van der Waals surface area contributed by atoms with Crippen molar-refractivity contribution < 1.29 is 4.74 Å². The number of nitrogen functional groups attached to an aromatic ring is 1. The van der Waals surface area contributed by atoms with Crippen molar-refractivity contribution >= 4 is 17.3 Å². The lowest BCUT2D eigenvalue weighted by Crippen LogP contribution is -1.93. The number of ether oxygens (including phenoxy) is 1. The van der Waals surface area contributed by atoms with Crippen molar-refractivity contribution in [1.29, 1.82) is 0 Å². The molecule has 0 bridgehead atoms. The van der Waals surface area contributed by atoms with Crippen molar-refractivity contribution in [3.63, 3.8) is 0 Å². The molecule has 2 nitrogen and oxygen atoms in total. The van der Waals surface area contributed by atoms with Gasteiger partial charge in [0.1, 0.15) is 5.75 Å². The van der Waals surface area contributed by atoms with Crippen LogP contribution in [0.25, 0.3) is 11.1 Å². The molecule has 88 valence electrons. The summed E-state index contributed by atoms with van der Waals surface area (Å²) in [7, 11) is 1.61. The molecule has 0 heterocycles. The summed E-state index contributed by atoms with van der Waals surface area (Å²) < 4.78 is 5.14. The number of methoxy groups -OCH3 is 1. The smallest absolute Gasteiger partial charge is 0.141 e. The zero-order valence-electron chi connectivity index (χ0n) is 9.83. The molecule has 0 atom stereocenters. The van der Waals surface area contributed by atoms with Gasteiger partial charge in [0.2, 0.25) is 0 Å². The Hall–Kier alpha value is -1.67. The lowest BCUT2D eigenvalue weighted by molar-refractivity contribution is 0.417. The number of nitrogens with two attached hydrogens (primary N) is 1. The summed E-state index contributed by atoms with van der Waals surface area (Å²) in [5, 5.41) is 0.743. The minimum atomic E-state index is 0.638. The van der Waals surface area contributed by atoms with E-state index in [4.69, 9.17) is 22.1 Å². The molecule has 17 heavy (non-hydrogen) atoms. The minimum absolute atomic E-state index is 0.638. The van der Waals surface area contributed by atoms with Gasteiger partial charge in [-0.1, -0.05) is 23.7 Å². The van der Waals surface area contributed by atoms with Crippen molar-refractivity contribution in [1.82, 2.24) is 0 Å². The fourth-order valence-corrected chi connectivity index (χ4v) is 2.08. The van der Waals surface area contributed by atoms with Gasteiger partial charge in [-0.25, -0.2) is 0 Å². The topological polar surface area (TPSA) is 35.2 Å². The second kappa shape index (κ2) is 4.68. The second-order valence-electron chi connectivity index (χ2n) is 3.92. The van der Waals surface area contributed by atoms with Gasteiger partial charge in [0, 0.05) is 5.02 Å². The van der Waals surface area contributed by atoms with Gasteiger partial charge in [0.15, 0.2) is 0 Å². The van der Waals surface area contributed by atoms with E-state index in [-0.39, 0.29) is 0 Å². The number of benzene rings is 2. The summed E-state index contributed by atoms with van der Waals surface area (Å²) in [5.74, 6) is 0.695. The van der Waals surface area contributed by atoms with Crippen molar-refractivity contribution in [2.75, 3.05) is 12.8 Å². The molecular weight excluding hydrogens is 234 g/mol. The molecule has 0 spiro atoms. The Labute approximate surface area is 106 Å². The first-order valence-electron chi connectivity index (χ1n) is 5.32. The first-order chi connectivity index (χ1) is 8.11. The number of rotatable bonds is 2. The van der Waals surface area contributed by atoms with E-state index in [0.29, 0.717) is 11.4 Å². The molecule has 0 aliphatic heterocycles. The zero-order chi connectivity index (χ0) is 12.4. The van der Waals surface area contributed by atoms with Gasteiger partial charge >= 0.3 is 0 Å². The third kappa shape index (κ3) is 2.37. The molecule has 0 aliphatic carbocycles. The molecule has 3 heteroatoms. The van der Waals surface area contributed by atoms with Crippen molar-refractivity contribution in [3.8, 4) is 16.9 Å². The van der Waals surface area contributed by atoms with Crippen LogP contribution in [0.15, 0.2) is 36.4 Å². The SMILES string of the molecule is COc1ccc(-c2ccc(Cl)cc2C)cc1N. The van der Waals surface area contributed by atoms with Crippen LogP contribution in [0.3, 0.4) is 0 Å². The summed E-state index contributed by atoms with van der Waals surface area (Å²) in [6.45, 7) is 2.03. The fourth-order valence-electron chi connectivity index (χ4n) is 1.85. The van der Waals surface area contributed by atoms with Crippen molar-refractivity contribution in [3.05, 3.63) is 47.0 Å². The Morgan fingerprint density at radius 3 is 2.47 bits per heavy atom. The fraction of sp³-hybridized carbons (Fsp3) is 0.143. The molecule has 0 aliphatic rings. The van der Waals surface area contributed by atoms with Crippen LogP contribution < -0.4 is 10.5 Å². The van der Waals surface area contributed by atoms with E-state index < -0.39 is 0 Å². The highest BCUT2D eigenvalue weighted by atomic mass is 35.5. The Morgan fingerprint density at radius 2 is 1.88 bits per heavy atom. The molecule has 2 N–H and O–H groups in total. The van der Waals surface area contributed by atoms with Crippen LogP contribution in [0.1, 0.15) is 5.56 Å². The quantitative estimate of drug-likeness (QED) is 0.817. The van der Waals surface area contributed by atoms with E-state index in [1.807, 2.05) is 43.3 Å². The maximum Gasteiger partial charge on any atom is 0.141 e. The maximum atomic E-state index is 5.94. The average molecular weight is 248 g/mol. The van der Waals surface area contributed by atoms with E-state index in [0.717, 1.165) is 21.7 Å². The minimum Gasteiger partial charge on any atom is -0.495 e. The van der Waals surface area contributed by atoms with Crippen LogP contribution in [-0.4, -0.2) is 7.11 Å². The monoisotopic (exact) mass is 247 g/mol. The first kappa shape index (κ1) is 11.8. The summed E-state index contributed by atoms with van der Waals surface area (Å²) in [4.78, 5) is 0. The van der Waals surface area contributed by atoms with E-state index in [9.17, 15) is 0 Å². The Bertz CT molecular complexity index is 552. The van der Waals surface area contributed by atoms with E-state index in [2.05, 4.69) is 0 Å². The number of halogens is 1. The molecule has 0 saturated heterocycles. The Morgan fingerprint density at radius 1 is 1.12 bits per heavy atom. The molecule has 0 unspecified atom stereocenters. The van der Waals surface area contributed by atoms with Crippen LogP contribution in [-0.2, 0) is 0 Å². The molecule has 0 fully saturated rings. The predicted molar refractivity (Wildman–Crippen MR) is 72.6 cm³/mol. The molecular formula is C14H14ClNO. The van der Waals surface area contributed by atoms with E-state index in [1.165, 1.54) is 0 Å². The molecule has 2 aromatic carbocycles. The third-order valence-corrected chi connectivity index (χ3v) is 2.96. The first-order valence-corrected chi connectivity index (χ1v) is 5.69. The van der Waals surface area contributed by atoms with E-state index >= 15 is 0 Å². The largest absolute Gasteiger partial charge is 0.495 e. The van der Waals surface area contributed by atoms with Gasteiger partial charge in [-0.15, -0.1) is 0 Å². The molecule has 0 aromatic heterocycles. The van der Waals surface area contributed by atoms with Gasteiger partial charge in [-0.2, -0.15) is 0 Å². The highest BCUT2D eigenvalue weighted by Crippen LogP contribution is 2.31. The van der Waals surface area contributed by atoms with E-state index in [1.54, 1.807) is 7.11 Å². The van der Waals surface area contributed by atoms with Crippen molar-refractivity contribution in [2.24, 2.45) is 0 Å².